The highest BCUT2D eigenvalue weighted by molar-refractivity contribution is 5.99. The molecule has 1 saturated heterocycles. The van der Waals surface area contributed by atoms with Gasteiger partial charge in [0.05, 0.1) is 36.0 Å². The standard InChI is InChI=1S/C43H61F2N11O4/c1-5-51-53-31(3)13-9-18-48-36-28-34(42(58)50-19-11-20-55-23-15-43(44,45)16-24-55)30-37-39(36)49-17-7-8-21-56(22-10-14-32(4)54-52-6-2)40-35(46)27-33(41(47)57)29-38(40)60-26-12-25-59-37/h7-10,13-14,18,27-30,49,51-52H,5-6,11-12,15-17,19-26,46H2,1-4H3,(H2,47,57)(H,50,58)/b8-7+,13-9+,14-10+,48-18+,53-31-,54-32-. The molecule has 0 bridgehead atoms. The summed E-state index contributed by atoms with van der Waals surface area (Å²) in [5.41, 5.74) is 22.3. The molecule has 2 amide bonds. The van der Waals surface area contributed by atoms with Gasteiger partial charge in [-0.1, -0.05) is 18.2 Å². The minimum Gasteiger partial charge on any atom is -0.491 e. The van der Waals surface area contributed by atoms with Gasteiger partial charge in [-0.25, -0.2) is 8.78 Å². The number of halogens is 2. The molecule has 0 aromatic heterocycles. The first-order valence-electron chi connectivity index (χ1n) is 20.5. The van der Waals surface area contributed by atoms with Gasteiger partial charge in [-0.3, -0.25) is 14.6 Å². The van der Waals surface area contributed by atoms with Gasteiger partial charge in [-0.15, -0.1) is 0 Å². The zero-order valence-corrected chi connectivity index (χ0v) is 35.2. The molecule has 2 aliphatic heterocycles. The average Bonchev–Trinajstić information content (AvgIpc) is 3.22. The summed E-state index contributed by atoms with van der Waals surface area (Å²) < 4.78 is 39.9. The van der Waals surface area contributed by atoms with E-state index in [1.807, 2.05) is 67.9 Å². The normalized spacial score (nSPS) is 17.5. The zero-order chi connectivity index (χ0) is 43.3. The zero-order valence-electron chi connectivity index (χ0n) is 35.2. The van der Waals surface area contributed by atoms with Crippen molar-refractivity contribution in [2.45, 2.75) is 59.3 Å². The van der Waals surface area contributed by atoms with Crippen molar-refractivity contribution >= 4 is 52.2 Å². The number of rotatable bonds is 16. The van der Waals surface area contributed by atoms with Gasteiger partial charge in [-0.05, 0) is 83.2 Å². The first kappa shape index (κ1) is 46.7. The number of nitrogen functional groups attached to an aromatic ring is 1. The molecule has 0 spiro atoms. The molecule has 60 heavy (non-hydrogen) atoms. The maximum Gasteiger partial charge on any atom is 0.251 e. The van der Waals surface area contributed by atoms with Crippen molar-refractivity contribution in [1.29, 1.82) is 0 Å². The number of aliphatic imine (C=N–C) groups is 1. The summed E-state index contributed by atoms with van der Waals surface area (Å²) in [4.78, 5) is 34.6. The van der Waals surface area contributed by atoms with E-state index < -0.39 is 11.8 Å². The number of benzene rings is 2. The molecule has 17 heteroatoms. The first-order valence-corrected chi connectivity index (χ1v) is 20.5. The molecule has 326 valence electrons. The molecule has 15 nitrogen and oxygen atoms in total. The highest BCUT2D eigenvalue weighted by Crippen LogP contribution is 2.38. The number of carbonyl (C=O) groups excluding carboxylic acids is 2. The maximum absolute atomic E-state index is 13.6. The maximum atomic E-state index is 13.6. The molecule has 0 saturated carbocycles. The molecule has 4 rings (SSSR count). The number of primary amides is 1. The highest BCUT2D eigenvalue weighted by atomic mass is 19.3. The number of amides is 2. The van der Waals surface area contributed by atoms with E-state index in [2.05, 4.69) is 31.7 Å². The minimum absolute atomic E-state index is 0.146. The Morgan fingerprint density at radius 3 is 2.33 bits per heavy atom. The fourth-order valence-corrected chi connectivity index (χ4v) is 6.32. The van der Waals surface area contributed by atoms with E-state index in [1.54, 1.807) is 36.6 Å². The van der Waals surface area contributed by atoms with E-state index in [0.29, 0.717) is 112 Å². The minimum atomic E-state index is -2.60. The molecule has 2 heterocycles. The van der Waals surface area contributed by atoms with Crippen molar-refractivity contribution in [3.63, 3.8) is 0 Å². The number of nitrogens with zero attached hydrogens (tertiary/aromatic N) is 5. The lowest BCUT2D eigenvalue weighted by atomic mass is 10.1. The Balaban J connectivity index is 1.62. The van der Waals surface area contributed by atoms with E-state index in [4.69, 9.17) is 25.9 Å². The molecular weight excluding hydrogens is 773 g/mol. The second-order valence-electron chi connectivity index (χ2n) is 14.3. The second-order valence-corrected chi connectivity index (χ2v) is 14.3. The smallest absolute Gasteiger partial charge is 0.251 e. The van der Waals surface area contributed by atoms with Crippen LogP contribution in [0.4, 0.5) is 31.5 Å². The fourth-order valence-electron chi connectivity index (χ4n) is 6.32. The lowest BCUT2D eigenvalue weighted by molar-refractivity contribution is -0.0550. The number of anilines is 3. The van der Waals surface area contributed by atoms with Gasteiger partial charge >= 0.3 is 0 Å². The number of alkyl halides is 2. The van der Waals surface area contributed by atoms with Crippen LogP contribution in [0.2, 0.25) is 0 Å². The number of nitrogens with one attached hydrogen (secondary N) is 4. The molecular formula is C43H61F2N11O4. The van der Waals surface area contributed by atoms with Crippen molar-refractivity contribution in [2.24, 2.45) is 20.9 Å². The Labute approximate surface area is 352 Å². The van der Waals surface area contributed by atoms with Crippen molar-refractivity contribution in [1.82, 2.24) is 21.1 Å². The van der Waals surface area contributed by atoms with Crippen LogP contribution in [0, 0.1) is 0 Å². The summed E-state index contributed by atoms with van der Waals surface area (Å²) in [7, 11) is 0. The lowest BCUT2D eigenvalue weighted by Crippen LogP contribution is -2.40. The van der Waals surface area contributed by atoms with Gasteiger partial charge in [0, 0.05) is 89.0 Å². The van der Waals surface area contributed by atoms with Gasteiger partial charge < -0.3 is 52.2 Å². The Hall–Kier alpha value is -5.97. The number of hydrazone groups is 2. The van der Waals surface area contributed by atoms with Crippen LogP contribution >= 0.6 is 0 Å². The predicted octanol–water partition coefficient (Wildman–Crippen LogP) is 5.64. The number of carbonyl (C=O) groups is 2. The van der Waals surface area contributed by atoms with Crippen LogP contribution in [0.5, 0.6) is 11.5 Å². The SMILES string of the molecule is CCN\N=C(C)/C=C/C=N/c1cc(C(=O)NCCCN2CCC(F)(F)CC2)cc2c1NC/C=C/CN(C/C=C/C(C)=N\NCC)c1c(N)cc(C(N)=O)cc1OCCCO2. The fraction of sp³-hybridized carbons (Fsp3) is 0.465. The third kappa shape index (κ3) is 15.3. The van der Waals surface area contributed by atoms with Crippen molar-refractivity contribution in [2.75, 3.05) is 88.1 Å². The van der Waals surface area contributed by atoms with Crippen molar-refractivity contribution in [3.8, 4) is 11.5 Å². The third-order valence-electron chi connectivity index (χ3n) is 9.41. The van der Waals surface area contributed by atoms with Crippen LogP contribution in [0.15, 0.2) is 75.9 Å². The van der Waals surface area contributed by atoms with Crippen LogP contribution in [0.25, 0.3) is 0 Å². The van der Waals surface area contributed by atoms with Crippen molar-refractivity contribution in [3.05, 3.63) is 71.8 Å². The lowest BCUT2D eigenvalue weighted by Gasteiger charge is -2.31. The van der Waals surface area contributed by atoms with Gasteiger partial charge in [0.15, 0.2) is 0 Å². The summed E-state index contributed by atoms with van der Waals surface area (Å²) in [5, 5.41) is 15.0. The van der Waals surface area contributed by atoms with Gasteiger partial charge in [0.25, 0.3) is 11.8 Å². The van der Waals surface area contributed by atoms with Gasteiger partial charge in [0.2, 0.25) is 5.91 Å². The number of fused-ring (bicyclic) bond motifs is 2. The molecule has 0 radical (unpaired) electrons. The Morgan fingerprint density at radius 1 is 0.950 bits per heavy atom. The van der Waals surface area contributed by atoms with Crippen LogP contribution in [0.3, 0.4) is 0 Å². The summed E-state index contributed by atoms with van der Waals surface area (Å²) in [6, 6.07) is 6.54. The number of hydrogen-bond donors (Lipinski definition) is 6. The summed E-state index contributed by atoms with van der Waals surface area (Å²) in [6.45, 7) is 12.5. The van der Waals surface area contributed by atoms with Crippen LogP contribution < -0.4 is 47.3 Å². The Bertz CT molecular complexity index is 1920. The van der Waals surface area contributed by atoms with E-state index in [-0.39, 0.29) is 37.5 Å². The molecule has 2 aromatic carbocycles. The molecule has 2 aromatic rings. The topological polar surface area (TPSA) is 196 Å². The predicted molar refractivity (Wildman–Crippen MR) is 239 cm³/mol. The number of hydrogen-bond acceptors (Lipinski definition) is 13. The average molecular weight is 834 g/mol. The number of likely N-dealkylation sites (tertiary alicyclic amines) is 1. The Kier molecular flexibility index (Phi) is 18.8. The number of piperidine rings is 1. The summed E-state index contributed by atoms with van der Waals surface area (Å²) >= 11 is 0. The van der Waals surface area contributed by atoms with E-state index in [0.717, 1.165) is 11.4 Å². The van der Waals surface area contributed by atoms with Crippen LogP contribution in [-0.4, -0.2) is 112 Å². The Morgan fingerprint density at radius 2 is 1.63 bits per heavy atom. The van der Waals surface area contributed by atoms with Gasteiger partial charge in [0.1, 0.15) is 22.9 Å². The van der Waals surface area contributed by atoms with E-state index in [1.165, 1.54) is 0 Å². The summed E-state index contributed by atoms with van der Waals surface area (Å²) in [6.07, 6.45) is 13.8. The summed E-state index contributed by atoms with van der Waals surface area (Å²) in [5.74, 6) is -2.72. The highest BCUT2D eigenvalue weighted by Gasteiger charge is 2.33. The molecule has 0 unspecified atom stereocenters. The number of nitrogens with two attached hydrogens (primary N) is 2. The van der Waals surface area contributed by atoms with Gasteiger partial charge in [-0.2, -0.15) is 10.2 Å². The largest absolute Gasteiger partial charge is 0.491 e. The molecule has 1 fully saturated rings. The second kappa shape index (κ2) is 24.2. The van der Waals surface area contributed by atoms with Crippen molar-refractivity contribution < 1.29 is 27.8 Å². The molecule has 0 atom stereocenters. The third-order valence-corrected chi connectivity index (χ3v) is 9.41. The molecule has 8 N–H and O–H groups in total. The van der Waals surface area contributed by atoms with Crippen LogP contribution in [-0.2, 0) is 0 Å². The molecule has 2 aliphatic rings. The first-order chi connectivity index (χ1) is 28.9. The quantitative estimate of drug-likeness (QED) is 0.0405. The van der Waals surface area contributed by atoms with E-state index in [9.17, 15) is 18.4 Å². The van der Waals surface area contributed by atoms with E-state index >= 15 is 0 Å². The molecule has 0 aliphatic carbocycles. The van der Waals surface area contributed by atoms with Crippen LogP contribution in [0.1, 0.15) is 74.1 Å². The number of allylic oxidation sites excluding steroid dienone is 3. The monoisotopic (exact) mass is 833 g/mol. The number of ether oxygens (including phenoxy) is 2.